The van der Waals surface area contributed by atoms with E-state index in [4.69, 9.17) is 14.2 Å². The lowest BCUT2D eigenvalue weighted by molar-refractivity contribution is 0.0933. The second kappa shape index (κ2) is 9.35. The van der Waals surface area contributed by atoms with E-state index in [0.717, 1.165) is 29.0 Å². The number of fused-ring (bicyclic) bond motifs is 1. The molecule has 5 nitrogen and oxygen atoms in total. The van der Waals surface area contributed by atoms with Crippen LogP contribution in [0.1, 0.15) is 33.9 Å². The number of hydrogen-bond acceptors (Lipinski definition) is 4. The summed E-state index contributed by atoms with van der Waals surface area (Å²) < 4.78 is 17.0. The van der Waals surface area contributed by atoms with Crippen molar-refractivity contribution in [3.8, 4) is 17.2 Å². The maximum absolute atomic E-state index is 13.1. The summed E-state index contributed by atoms with van der Waals surface area (Å²) in [5.41, 5.74) is 2.61. The monoisotopic (exact) mass is 403 g/mol. The van der Waals surface area contributed by atoms with Crippen molar-refractivity contribution in [2.24, 2.45) is 0 Å². The Bertz CT molecular complexity index is 1000. The Morgan fingerprint density at radius 3 is 2.50 bits per heavy atom. The van der Waals surface area contributed by atoms with Crippen LogP contribution in [0.5, 0.6) is 17.2 Å². The zero-order valence-electron chi connectivity index (χ0n) is 17.0. The summed E-state index contributed by atoms with van der Waals surface area (Å²) in [5, 5.41) is 3.18. The maximum Gasteiger partial charge on any atom is 0.255 e. The summed E-state index contributed by atoms with van der Waals surface area (Å²) in [5.74, 6) is 1.83. The van der Waals surface area contributed by atoms with E-state index >= 15 is 0 Å². The van der Waals surface area contributed by atoms with Crippen molar-refractivity contribution in [2.45, 2.75) is 18.9 Å². The van der Waals surface area contributed by atoms with Gasteiger partial charge in [-0.1, -0.05) is 48.5 Å². The van der Waals surface area contributed by atoms with Gasteiger partial charge in [-0.15, -0.1) is 0 Å². The van der Waals surface area contributed by atoms with Crippen molar-refractivity contribution in [2.75, 3.05) is 20.3 Å². The van der Waals surface area contributed by atoms with Crippen molar-refractivity contribution in [3.63, 3.8) is 0 Å². The molecular weight excluding hydrogens is 378 g/mol. The average molecular weight is 403 g/mol. The van der Waals surface area contributed by atoms with E-state index in [0.29, 0.717) is 30.9 Å². The predicted molar refractivity (Wildman–Crippen MR) is 115 cm³/mol. The third-order valence-corrected chi connectivity index (χ3v) is 5.11. The zero-order valence-corrected chi connectivity index (χ0v) is 17.0. The highest BCUT2D eigenvalue weighted by atomic mass is 16.5. The molecule has 0 bridgehead atoms. The Morgan fingerprint density at radius 2 is 1.70 bits per heavy atom. The van der Waals surface area contributed by atoms with Crippen molar-refractivity contribution < 1.29 is 19.0 Å². The fourth-order valence-electron chi connectivity index (χ4n) is 3.57. The maximum atomic E-state index is 13.1. The molecule has 5 heteroatoms. The molecule has 3 aromatic carbocycles. The Morgan fingerprint density at radius 1 is 0.967 bits per heavy atom. The van der Waals surface area contributed by atoms with Crippen LogP contribution >= 0.6 is 0 Å². The minimum absolute atomic E-state index is 0.180. The van der Waals surface area contributed by atoms with Gasteiger partial charge in [-0.25, -0.2) is 0 Å². The summed E-state index contributed by atoms with van der Waals surface area (Å²) in [6.07, 6.45) is 1.50. The van der Waals surface area contributed by atoms with E-state index in [1.165, 1.54) is 0 Å². The second-order valence-electron chi connectivity index (χ2n) is 7.17. The molecule has 1 aliphatic heterocycles. The molecule has 0 spiro atoms. The van der Waals surface area contributed by atoms with Gasteiger partial charge in [0.1, 0.15) is 5.75 Å². The standard InChI is InChI=1S/C25H25NO4/c1-28-22-11-6-5-10-20(22)25(27)26-21(16-18-8-3-2-4-9-18)19-12-13-23-24(17-19)30-15-7-14-29-23/h2-6,8-13,17,21H,7,14-16H2,1H3,(H,26,27). The van der Waals surface area contributed by atoms with Crippen LogP contribution in [0.4, 0.5) is 0 Å². The van der Waals surface area contributed by atoms with Gasteiger partial charge in [-0.05, 0) is 41.8 Å². The van der Waals surface area contributed by atoms with Gasteiger partial charge in [0.25, 0.3) is 5.91 Å². The van der Waals surface area contributed by atoms with Gasteiger partial charge < -0.3 is 19.5 Å². The Balaban J connectivity index is 1.64. The van der Waals surface area contributed by atoms with Crippen molar-refractivity contribution in [1.29, 1.82) is 0 Å². The number of rotatable bonds is 6. The molecule has 0 saturated heterocycles. The first kappa shape index (κ1) is 19.8. The fourth-order valence-corrected chi connectivity index (χ4v) is 3.57. The number of nitrogens with one attached hydrogen (secondary N) is 1. The first-order chi connectivity index (χ1) is 14.7. The Kier molecular flexibility index (Phi) is 6.18. The molecule has 0 aliphatic carbocycles. The van der Waals surface area contributed by atoms with Crippen LogP contribution in [0.15, 0.2) is 72.8 Å². The minimum atomic E-state index is -0.234. The van der Waals surface area contributed by atoms with Crippen molar-refractivity contribution in [3.05, 3.63) is 89.5 Å². The molecule has 1 unspecified atom stereocenters. The van der Waals surface area contributed by atoms with Crippen LogP contribution < -0.4 is 19.5 Å². The predicted octanol–water partition coefficient (Wildman–Crippen LogP) is 4.57. The fraction of sp³-hybridized carbons (Fsp3) is 0.240. The molecule has 0 aromatic heterocycles. The van der Waals surface area contributed by atoms with Gasteiger partial charge in [-0.3, -0.25) is 4.79 Å². The first-order valence-electron chi connectivity index (χ1n) is 10.1. The van der Waals surface area contributed by atoms with Crippen LogP contribution in [-0.2, 0) is 6.42 Å². The molecule has 3 aromatic rings. The van der Waals surface area contributed by atoms with E-state index in [1.54, 1.807) is 19.2 Å². The lowest BCUT2D eigenvalue weighted by Gasteiger charge is -2.21. The van der Waals surface area contributed by atoms with Gasteiger partial charge in [0, 0.05) is 6.42 Å². The normalized spacial score (nSPS) is 13.8. The lowest BCUT2D eigenvalue weighted by Crippen LogP contribution is -2.30. The molecule has 0 saturated carbocycles. The average Bonchev–Trinajstić information content (AvgIpc) is 3.04. The number of amides is 1. The summed E-state index contributed by atoms with van der Waals surface area (Å²) in [6, 6.07) is 23.0. The summed E-state index contributed by atoms with van der Waals surface area (Å²) >= 11 is 0. The number of benzene rings is 3. The van der Waals surface area contributed by atoms with Crippen LogP contribution in [-0.4, -0.2) is 26.2 Å². The summed E-state index contributed by atoms with van der Waals surface area (Å²) in [4.78, 5) is 13.1. The smallest absolute Gasteiger partial charge is 0.255 e. The largest absolute Gasteiger partial charge is 0.496 e. The van der Waals surface area contributed by atoms with E-state index in [2.05, 4.69) is 17.4 Å². The molecule has 1 N–H and O–H groups in total. The molecule has 154 valence electrons. The lowest BCUT2D eigenvalue weighted by atomic mass is 9.97. The summed E-state index contributed by atoms with van der Waals surface area (Å²) in [6.45, 7) is 1.26. The molecule has 1 heterocycles. The van der Waals surface area contributed by atoms with Crippen LogP contribution in [0.2, 0.25) is 0 Å². The zero-order chi connectivity index (χ0) is 20.8. The third-order valence-electron chi connectivity index (χ3n) is 5.11. The van der Waals surface area contributed by atoms with Gasteiger partial charge >= 0.3 is 0 Å². The first-order valence-corrected chi connectivity index (χ1v) is 10.1. The molecule has 0 fully saturated rings. The van der Waals surface area contributed by atoms with Crippen molar-refractivity contribution in [1.82, 2.24) is 5.32 Å². The molecular formula is C25H25NO4. The molecule has 1 atom stereocenters. The highest BCUT2D eigenvalue weighted by molar-refractivity contribution is 5.97. The molecule has 4 rings (SSSR count). The quantitative estimate of drug-likeness (QED) is 0.655. The van der Waals surface area contributed by atoms with Gasteiger partial charge in [-0.2, -0.15) is 0 Å². The van der Waals surface area contributed by atoms with E-state index in [1.807, 2.05) is 48.5 Å². The van der Waals surface area contributed by atoms with E-state index in [-0.39, 0.29) is 11.9 Å². The SMILES string of the molecule is COc1ccccc1C(=O)NC(Cc1ccccc1)c1ccc2c(c1)OCCCO2. The highest BCUT2D eigenvalue weighted by Gasteiger charge is 2.21. The highest BCUT2D eigenvalue weighted by Crippen LogP contribution is 2.33. The number of para-hydroxylation sites is 1. The summed E-state index contributed by atoms with van der Waals surface area (Å²) in [7, 11) is 1.57. The van der Waals surface area contributed by atoms with Gasteiger partial charge in [0.15, 0.2) is 11.5 Å². The van der Waals surface area contributed by atoms with Gasteiger partial charge in [0.05, 0.1) is 31.9 Å². The van der Waals surface area contributed by atoms with Crippen LogP contribution in [0.25, 0.3) is 0 Å². The number of methoxy groups -OCH3 is 1. The number of ether oxygens (including phenoxy) is 3. The molecule has 30 heavy (non-hydrogen) atoms. The molecule has 0 radical (unpaired) electrons. The molecule has 1 aliphatic rings. The van der Waals surface area contributed by atoms with Crippen LogP contribution in [0.3, 0.4) is 0 Å². The topological polar surface area (TPSA) is 56.8 Å². The number of carbonyl (C=O) groups excluding carboxylic acids is 1. The van der Waals surface area contributed by atoms with Crippen LogP contribution in [0, 0.1) is 0 Å². The third kappa shape index (κ3) is 4.57. The second-order valence-corrected chi connectivity index (χ2v) is 7.17. The Hall–Kier alpha value is -3.47. The number of carbonyl (C=O) groups is 1. The number of hydrogen-bond donors (Lipinski definition) is 1. The van der Waals surface area contributed by atoms with E-state index in [9.17, 15) is 4.79 Å². The minimum Gasteiger partial charge on any atom is -0.496 e. The van der Waals surface area contributed by atoms with Crippen molar-refractivity contribution >= 4 is 5.91 Å². The van der Waals surface area contributed by atoms with Gasteiger partial charge in [0.2, 0.25) is 0 Å². The van der Waals surface area contributed by atoms with E-state index < -0.39 is 0 Å². The Labute approximate surface area is 176 Å². The molecule has 1 amide bonds.